The van der Waals surface area contributed by atoms with Crippen LogP contribution < -0.4 is 11.1 Å². The molecular formula is C18H19N3. The zero-order chi connectivity index (χ0) is 14.7. The Balaban J connectivity index is 1.87. The zero-order valence-corrected chi connectivity index (χ0v) is 12.1. The Morgan fingerprint density at radius 3 is 2.57 bits per heavy atom. The molecular weight excluding hydrogens is 258 g/mol. The molecule has 21 heavy (non-hydrogen) atoms. The van der Waals surface area contributed by atoms with E-state index in [1.807, 2.05) is 24.4 Å². The second-order valence-corrected chi connectivity index (χ2v) is 5.19. The molecule has 0 fully saturated rings. The first kappa shape index (κ1) is 13.6. The minimum Gasteiger partial charge on any atom is -0.363 e. The zero-order valence-electron chi connectivity index (χ0n) is 12.1. The molecule has 0 saturated carbocycles. The van der Waals surface area contributed by atoms with E-state index in [2.05, 4.69) is 53.6 Å². The van der Waals surface area contributed by atoms with E-state index in [1.54, 1.807) is 0 Å². The molecule has 0 amide bonds. The van der Waals surface area contributed by atoms with Gasteiger partial charge in [0.15, 0.2) is 0 Å². The molecule has 1 atom stereocenters. The van der Waals surface area contributed by atoms with Crippen molar-refractivity contribution in [3.63, 3.8) is 0 Å². The van der Waals surface area contributed by atoms with Crippen LogP contribution in [0.1, 0.15) is 24.1 Å². The van der Waals surface area contributed by atoms with Gasteiger partial charge in [-0.25, -0.2) is 4.98 Å². The number of nitrogens with zero attached hydrogens (tertiary/aromatic N) is 1. The number of benzene rings is 2. The molecule has 0 radical (unpaired) electrons. The third-order valence-corrected chi connectivity index (χ3v) is 3.74. The minimum absolute atomic E-state index is 0.190. The van der Waals surface area contributed by atoms with Crippen molar-refractivity contribution in [1.82, 2.24) is 4.98 Å². The molecule has 0 saturated heterocycles. The molecule has 3 rings (SSSR count). The summed E-state index contributed by atoms with van der Waals surface area (Å²) in [5.41, 5.74) is 8.01. The van der Waals surface area contributed by atoms with Gasteiger partial charge in [-0.2, -0.15) is 0 Å². The molecule has 1 unspecified atom stereocenters. The van der Waals surface area contributed by atoms with Crippen molar-refractivity contribution in [2.45, 2.75) is 19.5 Å². The maximum Gasteiger partial charge on any atom is 0.134 e. The first-order chi connectivity index (χ1) is 10.3. The highest BCUT2D eigenvalue weighted by Crippen LogP contribution is 2.25. The molecule has 0 aliphatic carbocycles. The molecule has 106 valence electrons. The van der Waals surface area contributed by atoms with Crippen LogP contribution in [-0.4, -0.2) is 4.98 Å². The van der Waals surface area contributed by atoms with E-state index in [-0.39, 0.29) is 6.04 Å². The van der Waals surface area contributed by atoms with Gasteiger partial charge in [0, 0.05) is 24.2 Å². The van der Waals surface area contributed by atoms with Gasteiger partial charge in [-0.15, -0.1) is 0 Å². The van der Waals surface area contributed by atoms with Crippen LogP contribution in [0.4, 0.5) is 5.82 Å². The summed E-state index contributed by atoms with van der Waals surface area (Å²) in [6.07, 6.45) is 1.84. The summed E-state index contributed by atoms with van der Waals surface area (Å²) in [7, 11) is 0. The summed E-state index contributed by atoms with van der Waals surface area (Å²) in [6, 6.07) is 18.9. The van der Waals surface area contributed by atoms with Crippen LogP contribution in [0.3, 0.4) is 0 Å². The van der Waals surface area contributed by atoms with Crippen molar-refractivity contribution in [2.75, 3.05) is 5.32 Å². The van der Waals surface area contributed by atoms with Crippen molar-refractivity contribution in [3.05, 3.63) is 71.9 Å². The molecule has 0 bridgehead atoms. The van der Waals surface area contributed by atoms with Gasteiger partial charge in [-0.05, 0) is 29.5 Å². The largest absolute Gasteiger partial charge is 0.363 e. The molecule has 0 aliphatic heterocycles. The maximum atomic E-state index is 5.64. The van der Waals surface area contributed by atoms with Crippen molar-refractivity contribution in [3.8, 4) is 0 Å². The second-order valence-electron chi connectivity index (χ2n) is 5.19. The average molecular weight is 277 g/mol. The van der Waals surface area contributed by atoms with E-state index >= 15 is 0 Å². The molecule has 0 spiro atoms. The summed E-state index contributed by atoms with van der Waals surface area (Å²) in [4.78, 5) is 4.47. The van der Waals surface area contributed by atoms with E-state index in [0.29, 0.717) is 6.54 Å². The fourth-order valence-corrected chi connectivity index (χ4v) is 2.47. The average Bonchev–Trinajstić information content (AvgIpc) is 2.55. The van der Waals surface area contributed by atoms with Gasteiger partial charge in [-0.3, -0.25) is 0 Å². The van der Waals surface area contributed by atoms with E-state index in [0.717, 1.165) is 16.8 Å². The van der Waals surface area contributed by atoms with E-state index < -0.39 is 0 Å². The third-order valence-electron chi connectivity index (χ3n) is 3.74. The van der Waals surface area contributed by atoms with Crippen LogP contribution in [0.2, 0.25) is 0 Å². The number of aromatic nitrogens is 1. The molecule has 3 heteroatoms. The standard InChI is InChI=1S/C18H19N3/c1-13(15-8-6-14(12-19)7-9-15)21-18-17-5-3-2-4-16(17)10-11-20-18/h2-11,13H,12,19H2,1H3,(H,20,21). The van der Waals surface area contributed by atoms with Crippen molar-refractivity contribution in [1.29, 1.82) is 0 Å². The Labute approximate surface area is 124 Å². The van der Waals surface area contributed by atoms with Crippen molar-refractivity contribution < 1.29 is 0 Å². The van der Waals surface area contributed by atoms with Crippen LogP contribution in [0.15, 0.2) is 60.8 Å². The van der Waals surface area contributed by atoms with Gasteiger partial charge in [0.25, 0.3) is 0 Å². The fourth-order valence-electron chi connectivity index (χ4n) is 2.47. The normalized spacial score (nSPS) is 12.3. The van der Waals surface area contributed by atoms with Gasteiger partial charge in [0.2, 0.25) is 0 Å². The van der Waals surface area contributed by atoms with E-state index in [1.165, 1.54) is 10.9 Å². The third kappa shape index (κ3) is 2.88. The first-order valence-corrected chi connectivity index (χ1v) is 7.17. The number of rotatable bonds is 4. The summed E-state index contributed by atoms with van der Waals surface area (Å²) >= 11 is 0. The van der Waals surface area contributed by atoms with Crippen LogP contribution in [0, 0.1) is 0 Å². The number of nitrogens with two attached hydrogens (primary N) is 1. The lowest BCUT2D eigenvalue weighted by Crippen LogP contribution is -2.08. The number of anilines is 1. The van der Waals surface area contributed by atoms with Gasteiger partial charge < -0.3 is 11.1 Å². The lowest BCUT2D eigenvalue weighted by Gasteiger charge is -2.16. The summed E-state index contributed by atoms with van der Waals surface area (Å²) < 4.78 is 0. The van der Waals surface area contributed by atoms with E-state index in [9.17, 15) is 0 Å². The molecule has 1 aromatic heterocycles. The minimum atomic E-state index is 0.190. The van der Waals surface area contributed by atoms with Crippen LogP contribution in [-0.2, 0) is 6.54 Å². The lowest BCUT2D eigenvalue weighted by atomic mass is 10.1. The smallest absolute Gasteiger partial charge is 0.134 e. The Morgan fingerprint density at radius 1 is 1.05 bits per heavy atom. The Morgan fingerprint density at radius 2 is 1.81 bits per heavy atom. The molecule has 2 aromatic carbocycles. The number of pyridine rings is 1. The highest BCUT2D eigenvalue weighted by molar-refractivity contribution is 5.91. The quantitative estimate of drug-likeness (QED) is 0.761. The van der Waals surface area contributed by atoms with Gasteiger partial charge in [0.05, 0.1) is 0 Å². The molecule has 3 aromatic rings. The maximum absolute atomic E-state index is 5.64. The van der Waals surface area contributed by atoms with Crippen LogP contribution in [0.5, 0.6) is 0 Å². The van der Waals surface area contributed by atoms with Crippen LogP contribution in [0.25, 0.3) is 10.8 Å². The summed E-state index contributed by atoms with van der Waals surface area (Å²) in [5, 5.41) is 5.84. The highest BCUT2D eigenvalue weighted by atomic mass is 15.0. The second kappa shape index (κ2) is 5.94. The highest BCUT2D eigenvalue weighted by Gasteiger charge is 2.08. The number of fused-ring (bicyclic) bond motifs is 1. The van der Waals surface area contributed by atoms with Crippen molar-refractivity contribution in [2.24, 2.45) is 5.73 Å². The number of nitrogens with one attached hydrogen (secondary N) is 1. The molecule has 3 N–H and O–H groups in total. The first-order valence-electron chi connectivity index (χ1n) is 7.17. The van der Waals surface area contributed by atoms with Crippen LogP contribution >= 0.6 is 0 Å². The van der Waals surface area contributed by atoms with Gasteiger partial charge >= 0.3 is 0 Å². The Kier molecular flexibility index (Phi) is 3.84. The Bertz CT molecular complexity index is 730. The van der Waals surface area contributed by atoms with E-state index in [4.69, 9.17) is 5.73 Å². The monoisotopic (exact) mass is 277 g/mol. The van der Waals surface area contributed by atoms with Gasteiger partial charge in [0.1, 0.15) is 5.82 Å². The topological polar surface area (TPSA) is 50.9 Å². The summed E-state index contributed by atoms with van der Waals surface area (Å²) in [5.74, 6) is 0.920. The predicted octanol–water partition coefficient (Wildman–Crippen LogP) is 3.87. The number of hydrogen-bond acceptors (Lipinski definition) is 3. The molecule has 1 heterocycles. The number of hydrogen-bond donors (Lipinski definition) is 2. The Hall–Kier alpha value is -2.39. The fraction of sp³-hybridized carbons (Fsp3) is 0.167. The SMILES string of the molecule is CC(Nc1nccc2ccccc12)c1ccc(CN)cc1. The molecule has 3 nitrogen and oxygen atoms in total. The molecule has 0 aliphatic rings. The summed E-state index contributed by atoms with van der Waals surface area (Å²) in [6.45, 7) is 2.72. The van der Waals surface area contributed by atoms with Crippen molar-refractivity contribution >= 4 is 16.6 Å². The lowest BCUT2D eigenvalue weighted by molar-refractivity contribution is 0.875. The predicted molar refractivity (Wildman–Crippen MR) is 88.1 cm³/mol. The van der Waals surface area contributed by atoms with Gasteiger partial charge in [-0.1, -0.05) is 48.5 Å².